The lowest BCUT2D eigenvalue weighted by molar-refractivity contribution is 0.0697. The van der Waals surface area contributed by atoms with E-state index in [2.05, 4.69) is 23.9 Å². The van der Waals surface area contributed by atoms with E-state index < -0.39 is 5.97 Å². The summed E-state index contributed by atoms with van der Waals surface area (Å²) in [7, 11) is 4.18. The molecule has 1 saturated heterocycles. The van der Waals surface area contributed by atoms with E-state index in [9.17, 15) is 4.79 Å². The second-order valence-electron chi connectivity index (χ2n) is 5.28. The van der Waals surface area contributed by atoms with Gasteiger partial charge in [0.15, 0.2) is 0 Å². The summed E-state index contributed by atoms with van der Waals surface area (Å²) < 4.78 is 0. The molecule has 0 aliphatic carbocycles. The standard InChI is InChI=1S/C14H21N3O2/c1-16(2)11-4-3-7-17(9-11)13-6-5-10(14(18)19)8-12(13)15/h5-6,8,11H,3-4,7,9,15H2,1-2H3,(H,18,19). The van der Waals surface area contributed by atoms with E-state index in [0.29, 0.717) is 11.7 Å². The molecule has 0 radical (unpaired) electrons. The van der Waals surface area contributed by atoms with Crippen LogP contribution in [-0.4, -0.2) is 49.2 Å². The first-order chi connectivity index (χ1) is 8.99. The maximum absolute atomic E-state index is 10.9. The zero-order chi connectivity index (χ0) is 14.0. The van der Waals surface area contributed by atoms with Gasteiger partial charge in [-0.15, -0.1) is 0 Å². The normalized spacial score (nSPS) is 19.7. The number of aromatic carboxylic acids is 1. The van der Waals surface area contributed by atoms with Gasteiger partial charge in [0.25, 0.3) is 0 Å². The number of nitrogens with zero attached hydrogens (tertiary/aromatic N) is 2. The minimum absolute atomic E-state index is 0.238. The molecule has 1 heterocycles. The number of hydrogen-bond donors (Lipinski definition) is 2. The van der Waals surface area contributed by atoms with Gasteiger partial charge in [-0.2, -0.15) is 0 Å². The Bertz CT molecular complexity index is 474. The van der Waals surface area contributed by atoms with Crippen molar-refractivity contribution in [3.63, 3.8) is 0 Å². The quantitative estimate of drug-likeness (QED) is 0.809. The highest BCUT2D eigenvalue weighted by atomic mass is 16.4. The molecule has 0 aromatic heterocycles. The Hall–Kier alpha value is -1.75. The summed E-state index contributed by atoms with van der Waals surface area (Å²) >= 11 is 0. The second kappa shape index (κ2) is 5.48. The third-order valence-corrected chi connectivity index (χ3v) is 3.74. The van der Waals surface area contributed by atoms with Crippen molar-refractivity contribution < 1.29 is 9.90 Å². The fourth-order valence-corrected chi connectivity index (χ4v) is 2.57. The highest BCUT2D eigenvalue weighted by Crippen LogP contribution is 2.28. The topological polar surface area (TPSA) is 69.8 Å². The Morgan fingerprint density at radius 1 is 1.47 bits per heavy atom. The van der Waals surface area contributed by atoms with E-state index in [-0.39, 0.29) is 5.56 Å². The Labute approximate surface area is 113 Å². The molecule has 2 rings (SSSR count). The molecule has 0 saturated carbocycles. The van der Waals surface area contributed by atoms with Crippen molar-refractivity contribution in [3.8, 4) is 0 Å². The molecule has 1 unspecified atom stereocenters. The van der Waals surface area contributed by atoms with Crippen molar-refractivity contribution in [2.24, 2.45) is 0 Å². The first kappa shape index (κ1) is 13.7. The second-order valence-corrected chi connectivity index (χ2v) is 5.28. The number of nitrogen functional groups attached to an aromatic ring is 1. The Morgan fingerprint density at radius 3 is 2.79 bits per heavy atom. The summed E-state index contributed by atoms with van der Waals surface area (Å²) in [5.41, 5.74) is 7.71. The van der Waals surface area contributed by atoms with Crippen molar-refractivity contribution in [2.45, 2.75) is 18.9 Å². The number of anilines is 2. The lowest BCUT2D eigenvalue weighted by Crippen LogP contribution is -2.45. The maximum atomic E-state index is 10.9. The number of nitrogens with two attached hydrogens (primary N) is 1. The molecule has 5 nitrogen and oxygen atoms in total. The van der Waals surface area contributed by atoms with Crippen molar-refractivity contribution in [2.75, 3.05) is 37.8 Å². The fourth-order valence-electron chi connectivity index (χ4n) is 2.57. The molecule has 1 aliphatic heterocycles. The number of piperidine rings is 1. The summed E-state index contributed by atoms with van der Waals surface area (Å²) in [4.78, 5) is 15.4. The molecule has 1 aromatic rings. The molecule has 104 valence electrons. The zero-order valence-electron chi connectivity index (χ0n) is 11.5. The molecule has 0 bridgehead atoms. The van der Waals surface area contributed by atoms with E-state index in [1.54, 1.807) is 6.07 Å². The van der Waals surface area contributed by atoms with Crippen LogP contribution in [-0.2, 0) is 0 Å². The predicted octanol–water partition coefficient (Wildman–Crippen LogP) is 1.50. The summed E-state index contributed by atoms with van der Waals surface area (Å²) in [6.07, 6.45) is 2.32. The third kappa shape index (κ3) is 2.98. The van der Waals surface area contributed by atoms with Crippen molar-refractivity contribution in [1.82, 2.24) is 4.90 Å². The highest BCUT2D eigenvalue weighted by Gasteiger charge is 2.23. The van der Waals surface area contributed by atoms with Crippen LogP contribution in [0.1, 0.15) is 23.2 Å². The molecule has 5 heteroatoms. The predicted molar refractivity (Wildman–Crippen MR) is 76.7 cm³/mol. The highest BCUT2D eigenvalue weighted by molar-refractivity contribution is 5.90. The SMILES string of the molecule is CN(C)C1CCCN(c2ccc(C(=O)O)cc2N)C1. The van der Waals surface area contributed by atoms with Gasteiger partial charge in [-0.1, -0.05) is 0 Å². The van der Waals surface area contributed by atoms with Crippen LogP contribution in [0.2, 0.25) is 0 Å². The maximum Gasteiger partial charge on any atom is 0.335 e. The van der Waals surface area contributed by atoms with Crippen molar-refractivity contribution in [1.29, 1.82) is 0 Å². The zero-order valence-corrected chi connectivity index (χ0v) is 11.5. The number of likely N-dealkylation sites (N-methyl/N-ethyl adjacent to an activating group) is 1. The number of rotatable bonds is 3. The number of carboxylic acid groups (broad SMARTS) is 1. The van der Waals surface area contributed by atoms with E-state index in [1.807, 2.05) is 6.07 Å². The van der Waals surface area contributed by atoms with Gasteiger partial charge in [-0.25, -0.2) is 4.79 Å². The number of carboxylic acids is 1. The molecule has 1 fully saturated rings. The molecule has 1 aliphatic rings. The van der Waals surface area contributed by atoms with Crippen LogP contribution in [0.25, 0.3) is 0 Å². The van der Waals surface area contributed by atoms with Gasteiger partial charge in [-0.05, 0) is 45.1 Å². The van der Waals surface area contributed by atoms with E-state index >= 15 is 0 Å². The van der Waals surface area contributed by atoms with Crippen LogP contribution in [0.3, 0.4) is 0 Å². The summed E-state index contributed by atoms with van der Waals surface area (Å²) in [6.45, 7) is 1.91. The fraction of sp³-hybridized carbons (Fsp3) is 0.500. The Balaban J connectivity index is 2.19. The molecule has 0 amide bonds. The molecule has 19 heavy (non-hydrogen) atoms. The third-order valence-electron chi connectivity index (χ3n) is 3.74. The molecule has 3 N–H and O–H groups in total. The average molecular weight is 263 g/mol. The minimum Gasteiger partial charge on any atom is -0.478 e. The first-order valence-corrected chi connectivity index (χ1v) is 6.53. The van der Waals surface area contributed by atoms with Crippen LogP contribution < -0.4 is 10.6 Å². The number of benzene rings is 1. The monoisotopic (exact) mass is 263 g/mol. The number of hydrogen-bond acceptors (Lipinski definition) is 4. The lowest BCUT2D eigenvalue weighted by atomic mass is 10.0. The van der Waals surface area contributed by atoms with Gasteiger partial charge in [0, 0.05) is 19.1 Å². The average Bonchev–Trinajstić information content (AvgIpc) is 2.38. The minimum atomic E-state index is -0.942. The van der Waals surface area contributed by atoms with Crippen molar-refractivity contribution in [3.05, 3.63) is 23.8 Å². The van der Waals surface area contributed by atoms with E-state index in [4.69, 9.17) is 10.8 Å². The van der Waals surface area contributed by atoms with Crippen LogP contribution in [0.15, 0.2) is 18.2 Å². The molecular weight excluding hydrogens is 242 g/mol. The summed E-state index contributed by atoms with van der Waals surface area (Å²) in [5, 5.41) is 8.95. The Morgan fingerprint density at radius 2 is 2.21 bits per heavy atom. The van der Waals surface area contributed by atoms with Crippen LogP contribution in [0.4, 0.5) is 11.4 Å². The van der Waals surface area contributed by atoms with Gasteiger partial charge in [0.2, 0.25) is 0 Å². The van der Waals surface area contributed by atoms with Crippen molar-refractivity contribution >= 4 is 17.3 Å². The van der Waals surface area contributed by atoms with Gasteiger partial charge in [-0.3, -0.25) is 0 Å². The van der Waals surface area contributed by atoms with Gasteiger partial charge < -0.3 is 20.6 Å². The Kier molecular flexibility index (Phi) is 3.95. The smallest absolute Gasteiger partial charge is 0.335 e. The first-order valence-electron chi connectivity index (χ1n) is 6.53. The van der Waals surface area contributed by atoms with Crippen LogP contribution in [0.5, 0.6) is 0 Å². The van der Waals surface area contributed by atoms with Crippen LogP contribution >= 0.6 is 0 Å². The van der Waals surface area contributed by atoms with E-state index in [0.717, 1.165) is 25.2 Å². The van der Waals surface area contributed by atoms with Gasteiger partial charge >= 0.3 is 5.97 Å². The summed E-state index contributed by atoms with van der Waals surface area (Å²) in [5.74, 6) is -0.942. The van der Waals surface area contributed by atoms with Gasteiger partial charge in [0.1, 0.15) is 0 Å². The van der Waals surface area contributed by atoms with Crippen LogP contribution in [0, 0.1) is 0 Å². The summed E-state index contributed by atoms with van der Waals surface area (Å²) in [6, 6.07) is 5.49. The van der Waals surface area contributed by atoms with E-state index in [1.165, 1.54) is 12.5 Å². The molecule has 1 atom stereocenters. The molecule has 1 aromatic carbocycles. The largest absolute Gasteiger partial charge is 0.478 e. The molecule has 0 spiro atoms. The number of carbonyl (C=O) groups is 1. The lowest BCUT2D eigenvalue weighted by Gasteiger charge is -2.38. The van der Waals surface area contributed by atoms with Gasteiger partial charge in [0.05, 0.1) is 16.9 Å². The molecular formula is C14H21N3O2.